The smallest absolute Gasteiger partial charge is 0.161 e. The van der Waals surface area contributed by atoms with Gasteiger partial charge < -0.3 is 18.9 Å². The summed E-state index contributed by atoms with van der Waals surface area (Å²) >= 11 is 0. The third kappa shape index (κ3) is 3.42. The van der Waals surface area contributed by atoms with Gasteiger partial charge in [0.15, 0.2) is 11.5 Å². The lowest BCUT2D eigenvalue weighted by Gasteiger charge is -2.34. The van der Waals surface area contributed by atoms with Gasteiger partial charge in [0.2, 0.25) is 0 Å². The Bertz CT molecular complexity index is 843. The Morgan fingerprint density at radius 2 is 1.89 bits per heavy atom. The first kappa shape index (κ1) is 19.0. The van der Waals surface area contributed by atoms with Gasteiger partial charge in [-0.1, -0.05) is 6.07 Å². The van der Waals surface area contributed by atoms with E-state index < -0.39 is 0 Å². The molecule has 0 unspecified atom stereocenters. The van der Waals surface area contributed by atoms with Crippen LogP contribution in [0, 0.1) is 17.7 Å². The van der Waals surface area contributed by atoms with E-state index in [0.29, 0.717) is 30.6 Å². The Balaban J connectivity index is 1.66. The van der Waals surface area contributed by atoms with Gasteiger partial charge in [0.05, 0.1) is 27.4 Å². The summed E-state index contributed by atoms with van der Waals surface area (Å²) in [6.45, 7) is 2.89. The predicted molar refractivity (Wildman–Crippen MR) is 103 cm³/mol. The third-order valence-electron chi connectivity index (χ3n) is 5.81. The van der Waals surface area contributed by atoms with Crippen LogP contribution in [-0.4, -0.2) is 46.0 Å². The van der Waals surface area contributed by atoms with Crippen molar-refractivity contribution < 1.29 is 23.3 Å². The second-order valence-corrected chi connectivity index (χ2v) is 7.44. The second kappa shape index (κ2) is 7.97. The number of fused-ring (bicyclic) bond motifs is 3. The average Bonchev–Trinajstić information content (AvgIpc) is 3.05. The Morgan fingerprint density at radius 3 is 2.64 bits per heavy atom. The maximum atomic E-state index is 14.0. The molecule has 0 aliphatic carbocycles. The maximum absolute atomic E-state index is 14.0. The minimum absolute atomic E-state index is 0.104. The highest BCUT2D eigenvalue weighted by atomic mass is 19.1. The minimum Gasteiger partial charge on any atom is -0.493 e. The molecule has 0 N–H and O–H groups in total. The fourth-order valence-electron chi connectivity index (χ4n) is 4.57. The van der Waals surface area contributed by atoms with Gasteiger partial charge in [-0.2, -0.15) is 0 Å². The molecule has 2 aliphatic rings. The summed E-state index contributed by atoms with van der Waals surface area (Å²) in [4.78, 5) is 2.40. The molecule has 5 nitrogen and oxygen atoms in total. The number of hydrogen-bond acceptors (Lipinski definition) is 5. The molecule has 0 saturated carbocycles. The number of nitrogens with zero attached hydrogens (tertiary/aromatic N) is 1. The first-order valence-corrected chi connectivity index (χ1v) is 9.50. The summed E-state index contributed by atoms with van der Waals surface area (Å²) < 4.78 is 36.2. The van der Waals surface area contributed by atoms with Crippen LogP contribution in [0.1, 0.15) is 17.2 Å². The zero-order valence-electron chi connectivity index (χ0n) is 16.5. The number of hydrogen-bond donors (Lipinski definition) is 0. The molecule has 0 spiro atoms. The highest BCUT2D eigenvalue weighted by Gasteiger charge is 2.46. The van der Waals surface area contributed by atoms with Gasteiger partial charge in [0, 0.05) is 43.6 Å². The first-order valence-electron chi connectivity index (χ1n) is 9.50. The molecular formula is C22H26FNO4. The maximum Gasteiger partial charge on any atom is 0.161 e. The quantitative estimate of drug-likeness (QED) is 0.756. The molecule has 0 bridgehead atoms. The second-order valence-electron chi connectivity index (χ2n) is 7.44. The zero-order valence-corrected chi connectivity index (χ0v) is 16.5. The van der Waals surface area contributed by atoms with Gasteiger partial charge >= 0.3 is 0 Å². The van der Waals surface area contributed by atoms with Crippen molar-refractivity contribution in [2.45, 2.75) is 12.6 Å². The fraction of sp³-hybridized carbons (Fsp3) is 0.455. The van der Waals surface area contributed by atoms with Crippen molar-refractivity contribution in [3.63, 3.8) is 0 Å². The van der Waals surface area contributed by atoms with Crippen LogP contribution in [0.15, 0.2) is 36.4 Å². The van der Waals surface area contributed by atoms with Crippen molar-refractivity contribution in [2.24, 2.45) is 11.8 Å². The lowest BCUT2D eigenvalue weighted by Crippen LogP contribution is -2.32. The lowest BCUT2D eigenvalue weighted by molar-refractivity contribution is 0.0981. The van der Waals surface area contributed by atoms with Gasteiger partial charge in [-0.3, -0.25) is 4.90 Å². The van der Waals surface area contributed by atoms with Gasteiger partial charge in [0.25, 0.3) is 0 Å². The Labute approximate surface area is 165 Å². The van der Waals surface area contributed by atoms with Gasteiger partial charge in [-0.15, -0.1) is 0 Å². The largest absolute Gasteiger partial charge is 0.493 e. The number of benzene rings is 2. The number of likely N-dealkylation sites (tertiary alicyclic amines) is 1. The number of methoxy groups -OCH3 is 3. The molecule has 0 aromatic heterocycles. The molecule has 6 heteroatoms. The molecule has 28 heavy (non-hydrogen) atoms. The molecule has 1 fully saturated rings. The van der Waals surface area contributed by atoms with Crippen molar-refractivity contribution >= 4 is 0 Å². The van der Waals surface area contributed by atoms with Crippen LogP contribution in [0.5, 0.6) is 17.2 Å². The molecule has 2 heterocycles. The molecule has 0 amide bonds. The van der Waals surface area contributed by atoms with E-state index in [0.717, 1.165) is 30.0 Å². The lowest BCUT2D eigenvalue weighted by atomic mass is 9.85. The van der Waals surface area contributed by atoms with Crippen molar-refractivity contribution in [1.29, 1.82) is 0 Å². The summed E-state index contributed by atoms with van der Waals surface area (Å²) in [7, 11) is 4.99. The van der Waals surface area contributed by atoms with E-state index in [1.165, 1.54) is 6.07 Å². The van der Waals surface area contributed by atoms with Gasteiger partial charge in [-0.25, -0.2) is 4.39 Å². The summed E-state index contributed by atoms with van der Waals surface area (Å²) in [5, 5.41) is 0. The number of ether oxygens (including phenoxy) is 4. The predicted octanol–water partition coefficient (Wildman–Crippen LogP) is 3.67. The van der Waals surface area contributed by atoms with Gasteiger partial charge in [0.1, 0.15) is 11.6 Å². The van der Waals surface area contributed by atoms with Crippen LogP contribution in [0.3, 0.4) is 0 Å². The SMILES string of the molecule is COC[C@@H]1CN(Cc2ccc(OC)c(OC)c2)[C@H]2c3cc(F)ccc3OC[C@@H]12. The van der Waals surface area contributed by atoms with Crippen molar-refractivity contribution in [3.05, 3.63) is 53.3 Å². The Kier molecular flexibility index (Phi) is 5.42. The van der Waals surface area contributed by atoms with Crippen LogP contribution < -0.4 is 14.2 Å². The van der Waals surface area contributed by atoms with Gasteiger partial charge in [-0.05, 0) is 35.9 Å². The zero-order chi connectivity index (χ0) is 19.7. The summed E-state index contributed by atoms with van der Waals surface area (Å²) in [5.74, 6) is 2.58. The Hall–Kier alpha value is -2.31. The van der Waals surface area contributed by atoms with Crippen molar-refractivity contribution in [2.75, 3.05) is 41.1 Å². The van der Waals surface area contributed by atoms with Crippen molar-refractivity contribution in [3.8, 4) is 17.2 Å². The summed E-state index contributed by atoms with van der Waals surface area (Å²) in [6.07, 6.45) is 0. The number of halogens is 1. The molecule has 0 radical (unpaired) electrons. The fourth-order valence-corrected chi connectivity index (χ4v) is 4.57. The first-order chi connectivity index (χ1) is 13.6. The monoisotopic (exact) mass is 387 g/mol. The molecule has 4 rings (SSSR count). The molecular weight excluding hydrogens is 361 g/mol. The van der Waals surface area contributed by atoms with E-state index in [2.05, 4.69) is 4.90 Å². The van der Waals surface area contributed by atoms with E-state index in [4.69, 9.17) is 18.9 Å². The highest BCUT2D eigenvalue weighted by Crippen LogP contribution is 2.48. The highest BCUT2D eigenvalue weighted by molar-refractivity contribution is 5.43. The molecule has 2 aliphatic heterocycles. The molecule has 2 aromatic rings. The van der Waals surface area contributed by atoms with E-state index in [-0.39, 0.29) is 17.8 Å². The summed E-state index contributed by atoms with van der Waals surface area (Å²) in [5.41, 5.74) is 2.05. The minimum atomic E-state index is -0.232. The average molecular weight is 387 g/mol. The van der Waals surface area contributed by atoms with Crippen LogP contribution in [-0.2, 0) is 11.3 Å². The van der Waals surface area contributed by atoms with E-state index >= 15 is 0 Å². The van der Waals surface area contributed by atoms with Crippen LogP contribution in [0.2, 0.25) is 0 Å². The topological polar surface area (TPSA) is 40.2 Å². The molecule has 3 atom stereocenters. The molecule has 1 saturated heterocycles. The van der Waals surface area contributed by atoms with Crippen LogP contribution in [0.25, 0.3) is 0 Å². The van der Waals surface area contributed by atoms with Crippen LogP contribution >= 0.6 is 0 Å². The van der Waals surface area contributed by atoms with E-state index in [1.807, 2.05) is 18.2 Å². The Morgan fingerprint density at radius 1 is 1.07 bits per heavy atom. The summed E-state index contributed by atoms with van der Waals surface area (Å²) in [6, 6.07) is 10.9. The van der Waals surface area contributed by atoms with E-state index in [1.54, 1.807) is 33.5 Å². The molecule has 150 valence electrons. The third-order valence-corrected chi connectivity index (χ3v) is 5.81. The molecule has 2 aromatic carbocycles. The van der Waals surface area contributed by atoms with Crippen molar-refractivity contribution in [1.82, 2.24) is 4.90 Å². The normalized spacial score (nSPS) is 23.6. The standard InChI is InChI=1S/C22H26FNO4/c1-25-12-15-11-24(10-14-4-6-20(26-2)21(8-14)27-3)22-17-9-16(23)5-7-19(17)28-13-18(15)22/h4-9,15,18,22H,10-13H2,1-3H3/t15-,18-,22-/m0/s1. The van der Waals surface area contributed by atoms with Crippen LogP contribution in [0.4, 0.5) is 4.39 Å². The number of rotatable bonds is 6. The van der Waals surface area contributed by atoms with E-state index in [9.17, 15) is 4.39 Å².